The third-order valence-corrected chi connectivity index (χ3v) is 4.10. The van der Waals surface area contributed by atoms with Gasteiger partial charge in [0.15, 0.2) is 0 Å². The van der Waals surface area contributed by atoms with Crippen molar-refractivity contribution in [2.75, 3.05) is 20.6 Å². The first-order chi connectivity index (χ1) is 11.0. The summed E-state index contributed by atoms with van der Waals surface area (Å²) >= 11 is 0. The molecule has 3 nitrogen and oxygen atoms in total. The van der Waals surface area contributed by atoms with Crippen LogP contribution in [-0.2, 0) is 12.2 Å². The van der Waals surface area contributed by atoms with Crippen molar-refractivity contribution in [3.63, 3.8) is 0 Å². The third-order valence-electron chi connectivity index (χ3n) is 4.10. The minimum absolute atomic E-state index is 0.145. The highest BCUT2D eigenvalue weighted by atomic mass is 19.1. The van der Waals surface area contributed by atoms with Crippen molar-refractivity contribution < 1.29 is 14.6 Å². The van der Waals surface area contributed by atoms with Crippen LogP contribution in [-0.4, -0.2) is 35.8 Å². The van der Waals surface area contributed by atoms with Gasteiger partial charge in [-0.25, -0.2) is 4.39 Å². The Hall–Kier alpha value is -1.75. The van der Waals surface area contributed by atoms with Crippen LogP contribution in [0.2, 0.25) is 0 Å². The van der Waals surface area contributed by atoms with Crippen LogP contribution < -0.4 is 0 Å². The zero-order valence-corrected chi connectivity index (χ0v) is 13.7. The first-order valence-corrected chi connectivity index (χ1v) is 7.80. The molecule has 0 aromatic heterocycles. The number of hydrogen-bond donors (Lipinski definition) is 2. The molecule has 23 heavy (non-hydrogen) atoms. The molecular formula is C19H24FNO2. The molecule has 0 bridgehead atoms. The summed E-state index contributed by atoms with van der Waals surface area (Å²) in [4.78, 5) is 2.06. The van der Waals surface area contributed by atoms with E-state index in [1.807, 2.05) is 32.3 Å². The molecular weight excluding hydrogens is 293 g/mol. The molecule has 2 rings (SSSR count). The minimum Gasteiger partial charge on any atom is -0.392 e. The highest BCUT2D eigenvalue weighted by Crippen LogP contribution is 2.36. The van der Waals surface area contributed by atoms with Gasteiger partial charge in [-0.3, -0.25) is 0 Å². The van der Waals surface area contributed by atoms with Gasteiger partial charge in [-0.1, -0.05) is 36.4 Å². The SMILES string of the molecule is CN(C)CCC[C@](O)(c1ccc(F)cc1)c1ccccc1CO. The lowest BCUT2D eigenvalue weighted by atomic mass is 9.80. The quantitative estimate of drug-likeness (QED) is 0.825. The Morgan fingerprint density at radius 1 is 1.04 bits per heavy atom. The second-order valence-corrected chi connectivity index (χ2v) is 6.09. The lowest BCUT2D eigenvalue weighted by Crippen LogP contribution is -2.30. The summed E-state index contributed by atoms with van der Waals surface area (Å²) in [6.45, 7) is 0.693. The van der Waals surface area contributed by atoms with Crippen molar-refractivity contribution in [3.8, 4) is 0 Å². The van der Waals surface area contributed by atoms with Crippen molar-refractivity contribution in [1.29, 1.82) is 0 Å². The fourth-order valence-corrected chi connectivity index (χ4v) is 2.87. The molecule has 0 heterocycles. The van der Waals surface area contributed by atoms with E-state index in [2.05, 4.69) is 4.90 Å². The maximum Gasteiger partial charge on any atom is 0.123 e. The van der Waals surface area contributed by atoms with Gasteiger partial charge in [0.05, 0.1) is 6.61 Å². The van der Waals surface area contributed by atoms with E-state index in [0.29, 0.717) is 23.1 Å². The fraction of sp³-hybridized carbons (Fsp3) is 0.368. The fourth-order valence-electron chi connectivity index (χ4n) is 2.87. The second-order valence-electron chi connectivity index (χ2n) is 6.09. The van der Waals surface area contributed by atoms with Crippen LogP contribution in [0.4, 0.5) is 4.39 Å². The summed E-state index contributed by atoms with van der Waals surface area (Å²) in [7, 11) is 3.97. The molecule has 0 unspecified atom stereocenters. The van der Waals surface area contributed by atoms with Crippen LogP contribution in [0.15, 0.2) is 48.5 Å². The zero-order valence-electron chi connectivity index (χ0n) is 13.7. The average Bonchev–Trinajstić information content (AvgIpc) is 2.55. The molecule has 124 valence electrons. The standard InChI is InChI=1S/C19H24FNO2/c1-21(2)13-5-12-19(23,16-8-10-17(20)11-9-16)18-7-4-3-6-15(18)14-22/h3-4,6-11,22-23H,5,12-14H2,1-2H3/t19-/m0/s1. The van der Waals surface area contributed by atoms with Crippen LogP contribution in [0.5, 0.6) is 0 Å². The van der Waals surface area contributed by atoms with E-state index in [-0.39, 0.29) is 12.4 Å². The molecule has 0 spiro atoms. The molecule has 0 aliphatic carbocycles. The van der Waals surface area contributed by atoms with Gasteiger partial charge in [-0.05, 0) is 62.3 Å². The normalized spacial score (nSPS) is 14.0. The molecule has 1 atom stereocenters. The lowest BCUT2D eigenvalue weighted by molar-refractivity contribution is 0.0641. The van der Waals surface area contributed by atoms with E-state index in [4.69, 9.17) is 0 Å². The van der Waals surface area contributed by atoms with Crippen molar-refractivity contribution >= 4 is 0 Å². The number of halogens is 1. The number of rotatable bonds is 7. The molecule has 2 N–H and O–H groups in total. The van der Waals surface area contributed by atoms with E-state index in [1.54, 1.807) is 18.2 Å². The molecule has 0 radical (unpaired) electrons. The van der Waals surface area contributed by atoms with Gasteiger partial charge in [0, 0.05) is 0 Å². The monoisotopic (exact) mass is 317 g/mol. The van der Waals surface area contributed by atoms with Gasteiger partial charge in [0.2, 0.25) is 0 Å². The third kappa shape index (κ3) is 4.16. The number of nitrogens with zero attached hydrogens (tertiary/aromatic N) is 1. The molecule has 0 saturated carbocycles. The number of aliphatic hydroxyl groups excluding tert-OH is 1. The van der Waals surface area contributed by atoms with E-state index < -0.39 is 5.60 Å². The summed E-state index contributed by atoms with van der Waals surface area (Å²) < 4.78 is 13.3. The van der Waals surface area contributed by atoms with E-state index >= 15 is 0 Å². The number of benzene rings is 2. The highest BCUT2D eigenvalue weighted by molar-refractivity contribution is 5.40. The maximum absolute atomic E-state index is 13.3. The van der Waals surface area contributed by atoms with Gasteiger partial charge in [-0.2, -0.15) is 0 Å². The Balaban J connectivity index is 2.43. The van der Waals surface area contributed by atoms with Crippen LogP contribution in [0.1, 0.15) is 29.5 Å². The Kier molecular flexibility index (Phi) is 5.88. The van der Waals surface area contributed by atoms with Gasteiger partial charge in [0.1, 0.15) is 11.4 Å². The van der Waals surface area contributed by atoms with Crippen molar-refractivity contribution in [2.45, 2.75) is 25.0 Å². The molecule has 0 aliphatic rings. The Bertz CT molecular complexity index is 628. The molecule has 0 amide bonds. The molecule has 0 aliphatic heterocycles. The van der Waals surface area contributed by atoms with Crippen LogP contribution in [0.3, 0.4) is 0 Å². The molecule has 0 fully saturated rings. The zero-order chi connectivity index (χ0) is 16.9. The smallest absolute Gasteiger partial charge is 0.123 e. The lowest BCUT2D eigenvalue weighted by Gasteiger charge is -2.31. The van der Waals surface area contributed by atoms with Crippen LogP contribution in [0.25, 0.3) is 0 Å². The summed E-state index contributed by atoms with van der Waals surface area (Å²) in [6, 6.07) is 13.2. The first-order valence-electron chi connectivity index (χ1n) is 7.80. The van der Waals surface area contributed by atoms with Gasteiger partial charge >= 0.3 is 0 Å². The highest BCUT2D eigenvalue weighted by Gasteiger charge is 2.33. The Morgan fingerprint density at radius 3 is 2.30 bits per heavy atom. The average molecular weight is 317 g/mol. The van der Waals surface area contributed by atoms with Crippen molar-refractivity contribution in [1.82, 2.24) is 4.90 Å². The molecule has 0 saturated heterocycles. The second kappa shape index (κ2) is 7.68. The minimum atomic E-state index is -1.25. The Morgan fingerprint density at radius 2 is 1.70 bits per heavy atom. The van der Waals surface area contributed by atoms with Crippen molar-refractivity contribution in [2.24, 2.45) is 0 Å². The van der Waals surface area contributed by atoms with Crippen molar-refractivity contribution in [3.05, 3.63) is 71.0 Å². The molecule has 2 aromatic carbocycles. The predicted octanol–water partition coefficient (Wildman–Crippen LogP) is 2.90. The van der Waals surface area contributed by atoms with Gasteiger partial charge < -0.3 is 15.1 Å². The summed E-state index contributed by atoms with van der Waals surface area (Å²) in [5, 5.41) is 21.0. The molecule has 4 heteroatoms. The van der Waals surface area contributed by atoms with E-state index in [0.717, 1.165) is 13.0 Å². The maximum atomic E-state index is 13.3. The van der Waals surface area contributed by atoms with Gasteiger partial charge in [-0.15, -0.1) is 0 Å². The summed E-state index contributed by atoms with van der Waals surface area (Å²) in [5.41, 5.74) is 0.749. The largest absolute Gasteiger partial charge is 0.392 e. The number of aliphatic hydroxyl groups is 2. The first kappa shape index (κ1) is 17.6. The summed E-state index contributed by atoms with van der Waals surface area (Å²) in [5.74, 6) is -0.333. The molecule has 2 aromatic rings. The van der Waals surface area contributed by atoms with Gasteiger partial charge in [0.25, 0.3) is 0 Å². The van der Waals surface area contributed by atoms with Crippen LogP contribution >= 0.6 is 0 Å². The Labute approximate surface area is 137 Å². The van der Waals surface area contributed by atoms with Crippen LogP contribution in [0, 0.1) is 5.82 Å². The summed E-state index contributed by atoms with van der Waals surface area (Å²) in [6.07, 6.45) is 1.27. The van der Waals surface area contributed by atoms with E-state index in [9.17, 15) is 14.6 Å². The van der Waals surface area contributed by atoms with E-state index in [1.165, 1.54) is 12.1 Å². The predicted molar refractivity (Wildman–Crippen MR) is 89.6 cm³/mol. The number of hydrogen-bond acceptors (Lipinski definition) is 3. The topological polar surface area (TPSA) is 43.7 Å².